The van der Waals surface area contributed by atoms with Gasteiger partial charge in [0.25, 0.3) is 0 Å². The maximum Gasteiger partial charge on any atom is 0.407 e. The monoisotopic (exact) mass is 436 g/mol. The average Bonchev–Trinajstić information content (AvgIpc) is 3.08. The Morgan fingerprint density at radius 3 is 2.09 bits per heavy atom. The normalized spacial score (nSPS) is 16.8. The van der Waals surface area contributed by atoms with Crippen molar-refractivity contribution in [1.82, 2.24) is 10.6 Å². The summed E-state index contributed by atoms with van der Waals surface area (Å²) in [6.07, 6.45) is 2.18. The Balaban J connectivity index is 1.37. The number of fused-ring (bicyclic) bond motifs is 3. The fraction of sp³-hybridized carbons (Fsp3) is 0.400. The quantitative estimate of drug-likeness (QED) is 0.586. The molecule has 7 heteroatoms. The van der Waals surface area contributed by atoms with Crippen LogP contribution < -0.4 is 10.6 Å². The molecule has 7 nitrogen and oxygen atoms in total. The molecule has 0 bridgehead atoms. The number of rotatable bonds is 8. The van der Waals surface area contributed by atoms with Crippen LogP contribution in [0.3, 0.4) is 0 Å². The number of alkyl carbamates (subject to hydrolysis) is 1. The van der Waals surface area contributed by atoms with Gasteiger partial charge in [0.1, 0.15) is 18.7 Å². The number of aliphatic carboxylic acids is 1. The molecule has 2 atom stereocenters. The number of nitrogens with one attached hydrogen (secondary N) is 2. The first-order chi connectivity index (χ1) is 15.5. The number of carbonyl (C=O) groups excluding carboxylic acids is 2. The first-order valence-electron chi connectivity index (χ1n) is 11.1. The van der Waals surface area contributed by atoms with Gasteiger partial charge in [0.05, 0.1) is 0 Å². The minimum atomic E-state index is -1.04. The summed E-state index contributed by atoms with van der Waals surface area (Å²) in [5, 5.41) is 14.6. The molecule has 2 aromatic rings. The number of carboxylic acid groups (broad SMARTS) is 1. The van der Waals surface area contributed by atoms with Gasteiger partial charge in [-0.25, -0.2) is 9.59 Å². The van der Waals surface area contributed by atoms with Crippen molar-refractivity contribution in [2.75, 3.05) is 6.61 Å². The van der Waals surface area contributed by atoms with Gasteiger partial charge in [-0.15, -0.1) is 0 Å². The third kappa shape index (κ3) is 4.33. The van der Waals surface area contributed by atoms with Crippen LogP contribution in [-0.2, 0) is 14.3 Å². The molecule has 32 heavy (non-hydrogen) atoms. The van der Waals surface area contributed by atoms with E-state index in [2.05, 4.69) is 22.8 Å². The van der Waals surface area contributed by atoms with Crippen molar-refractivity contribution in [3.63, 3.8) is 0 Å². The van der Waals surface area contributed by atoms with Crippen LogP contribution in [0.15, 0.2) is 48.5 Å². The minimum Gasteiger partial charge on any atom is -0.480 e. The first-order valence-corrected chi connectivity index (χ1v) is 11.1. The highest BCUT2D eigenvalue weighted by Crippen LogP contribution is 2.44. The van der Waals surface area contributed by atoms with E-state index in [1.54, 1.807) is 6.92 Å². The molecular weight excluding hydrogens is 408 g/mol. The van der Waals surface area contributed by atoms with Crippen LogP contribution in [0.2, 0.25) is 0 Å². The summed E-state index contributed by atoms with van der Waals surface area (Å²) >= 11 is 0. The number of hydrogen-bond donors (Lipinski definition) is 3. The lowest BCUT2D eigenvalue weighted by atomic mass is 9.79. The molecule has 0 aliphatic heterocycles. The van der Waals surface area contributed by atoms with E-state index in [9.17, 15) is 19.5 Å². The molecular formula is C25H28N2O5. The number of amides is 2. The summed E-state index contributed by atoms with van der Waals surface area (Å²) in [4.78, 5) is 36.6. The van der Waals surface area contributed by atoms with E-state index in [0.29, 0.717) is 6.42 Å². The Hall–Kier alpha value is -3.35. The van der Waals surface area contributed by atoms with Crippen molar-refractivity contribution >= 4 is 18.0 Å². The lowest BCUT2D eigenvalue weighted by Gasteiger charge is -2.32. The summed E-state index contributed by atoms with van der Waals surface area (Å²) in [7, 11) is 0. The fourth-order valence-corrected chi connectivity index (χ4v) is 4.54. The molecule has 1 fully saturated rings. The second-order valence-electron chi connectivity index (χ2n) is 8.45. The van der Waals surface area contributed by atoms with E-state index in [4.69, 9.17) is 4.74 Å². The van der Waals surface area contributed by atoms with Crippen molar-refractivity contribution in [2.24, 2.45) is 5.92 Å². The van der Waals surface area contributed by atoms with Crippen molar-refractivity contribution in [2.45, 2.75) is 50.6 Å². The number of benzene rings is 2. The highest BCUT2D eigenvalue weighted by atomic mass is 16.5. The molecule has 1 unspecified atom stereocenters. The molecule has 0 radical (unpaired) electrons. The molecule has 1 saturated carbocycles. The van der Waals surface area contributed by atoms with Gasteiger partial charge in [-0.05, 0) is 47.4 Å². The largest absolute Gasteiger partial charge is 0.480 e. The fourth-order valence-electron chi connectivity index (χ4n) is 4.54. The van der Waals surface area contributed by atoms with E-state index >= 15 is 0 Å². The van der Waals surface area contributed by atoms with Gasteiger partial charge in [-0.2, -0.15) is 0 Å². The van der Waals surface area contributed by atoms with E-state index in [-0.39, 0.29) is 18.4 Å². The van der Waals surface area contributed by atoms with E-state index in [1.807, 2.05) is 36.4 Å². The predicted octanol–water partition coefficient (Wildman–Crippen LogP) is 3.67. The highest BCUT2D eigenvalue weighted by molar-refractivity contribution is 5.89. The minimum absolute atomic E-state index is 0.0524. The standard InChI is InChI=1S/C25H28N2O5/c1-2-21(23(28)27-22(24(29)30)15-8-7-9-15)26-25(31)32-14-20-18-12-5-3-10-16(18)17-11-4-6-13-19(17)20/h3-6,10-13,15,20-22H,2,7-9,14H2,1H3,(H,26,31)(H,27,28)(H,29,30)/t21-,22?/m0/s1. The molecule has 3 N–H and O–H groups in total. The van der Waals surface area contributed by atoms with Crippen LogP contribution >= 0.6 is 0 Å². The van der Waals surface area contributed by atoms with Crippen molar-refractivity contribution < 1.29 is 24.2 Å². The second kappa shape index (κ2) is 9.42. The highest BCUT2D eigenvalue weighted by Gasteiger charge is 2.35. The first kappa shape index (κ1) is 21.9. The van der Waals surface area contributed by atoms with E-state index in [0.717, 1.165) is 41.5 Å². The van der Waals surface area contributed by atoms with Crippen LogP contribution in [0.4, 0.5) is 4.79 Å². The SMILES string of the molecule is CC[C@H](NC(=O)OCC1c2ccccc2-c2ccccc21)C(=O)NC(C(=O)O)C1CCC1. The van der Waals surface area contributed by atoms with Crippen LogP contribution in [0.5, 0.6) is 0 Å². The topological polar surface area (TPSA) is 105 Å². The third-order valence-corrected chi connectivity index (χ3v) is 6.55. The molecule has 0 heterocycles. The van der Waals surface area contributed by atoms with Gasteiger partial charge in [0.2, 0.25) is 5.91 Å². The van der Waals surface area contributed by atoms with E-state index < -0.39 is 30.1 Å². The molecule has 2 aromatic carbocycles. The summed E-state index contributed by atoms with van der Waals surface area (Å²) in [6, 6.07) is 14.3. The molecule has 2 aliphatic carbocycles. The Kier molecular flexibility index (Phi) is 6.44. The Labute approximate surface area is 187 Å². The molecule has 168 valence electrons. The molecule has 2 aliphatic rings. The smallest absolute Gasteiger partial charge is 0.407 e. The average molecular weight is 437 g/mol. The Morgan fingerprint density at radius 2 is 1.59 bits per heavy atom. The van der Waals surface area contributed by atoms with Crippen molar-refractivity contribution in [1.29, 1.82) is 0 Å². The predicted molar refractivity (Wildman–Crippen MR) is 119 cm³/mol. The molecule has 0 saturated heterocycles. The maximum atomic E-state index is 12.6. The summed E-state index contributed by atoms with van der Waals surface area (Å²) in [6.45, 7) is 1.91. The number of carbonyl (C=O) groups is 3. The lowest BCUT2D eigenvalue weighted by molar-refractivity contribution is -0.144. The van der Waals surface area contributed by atoms with E-state index in [1.165, 1.54) is 0 Å². The zero-order valence-electron chi connectivity index (χ0n) is 18.0. The maximum absolute atomic E-state index is 12.6. The van der Waals surface area contributed by atoms with Gasteiger partial charge >= 0.3 is 12.1 Å². The van der Waals surface area contributed by atoms with Crippen molar-refractivity contribution in [3.8, 4) is 11.1 Å². The van der Waals surface area contributed by atoms with Crippen LogP contribution in [-0.4, -0.2) is 41.8 Å². The van der Waals surface area contributed by atoms with Gasteiger partial charge in [0, 0.05) is 5.92 Å². The van der Waals surface area contributed by atoms with Crippen molar-refractivity contribution in [3.05, 3.63) is 59.7 Å². The zero-order chi connectivity index (χ0) is 22.7. The van der Waals surface area contributed by atoms with Gasteiger partial charge in [-0.1, -0.05) is 61.9 Å². The molecule has 4 rings (SSSR count). The van der Waals surface area contributed by atoms with Gasteiger partial charge < -0.3 is 20.5 Å². The van der Waals surface area contributed by atoms with Crippen LogP contribution in [0, 0.1) is 5.92 Å². The summed E-state index contributed by atoms with van der Waals surface area (Å²) in [5.74, 6) is -1.67. The zero-order valence-corrected chi connectivity index (χ0v) is 18.0. The second-order valence-corrected chi connectivity index (χ2v) is 8.45. The summed E-state index contributed by atoms with van der Waals surface area (Å²) < 4.78 is 5.51. The Morgan fingerprint density at radius 1 is 1.00 bits per heavy atom. The number of carboxylic acids is 1. The Bertz CT molecular complexity index is 971. The van der Waals surface area contributed by atoms with Crippen LogP contribution in [0.25, 0.3) is 11.1 Å². The van der Waals surface area contributed by atoms with Gasteiger partial charge in [0.15, 0.2) is 0 Å². The third-order valence-electron chi connectivity index (χ3n) is 6.55. The number of hydrogen-bond acceptors (Lipinski definition) is 4. The lowest BCUT2D eigenvalue weighted by Crippen LogP contribution is -2.54. The molecule has 0 aromatic heterocycles. The summed E-state index contributed by atoms with van der Waals surface area (Å²) in [5.41, 5.74) is 4.49. The molecule has 0 spiro atoms. The molecule has 2 amide bonds. The van der Waals surface area contributed by atoms with Gasteiger partial charge in [-0.3, -0.25) is 4.79 Å². The van der Waals surface area contributed by atoms with Crippen LogP contribution in [0.1, 0.15) is 49.7 Å². The number of ether oxygens (including phenoxy) is 1.